The van der Waals surface area contributed by atoms with E-state index in [-0.39, 0.29) is 46.1 Å². The third kappa shape index (κ3) is 5.40. The highest BCUT2D eigenvalue weighted by Crippen LogP contribution is 2.32. The highest BCUT2D eigenvalue weighted by atomic mass is 32.2. The molecule has 11 heteroatoms. The van der Waals surface area contributed by atoms with Crippen LogP contribution in [0.2, 0.25) is 0 Å². The minimum absolute atomic E-state index is 0.00789. The van der Waals surface area contributed by atoms with Crippen LogP contribution in [-0.4, -0.2) is 37.3 Å². The fourth-order valence-corrected chi connectivity index (χ4v) is 4.66. The molecule has 3 aromatic carbocycles. The van der Waals surface area contributed by atoms with E-state index in [1.165, 1.54) is 49.6 Å². The topological polar surface area (TPSA) is 119 Å². The monoisotopic (exact) mass is 499 g/mol. The summed E-state index contributed by atoms with van der Waals surface area (Å²) in [6.07, 6.45) is 1.64. The number of carbonyl (C=O) groups is 1. The molecule has 1 aliphatic rings. The molecule has 9 nitrogen and oxygen atoms in total. The van der Waals surface area contributed by atoms with Crippen molar-refractivity contribution >= 4 is 27.3 Å². The predicted octanol–water partition coefficient (Wildman–Crippen LogP) is 4.35. The van der Waals surface area contributed by atoms with Crippen molar-refractivity contribution in [1.29, 1.82) is 0 Å². The molecule has 0 radical (unpaired) electrons. The molecule has 4 rings (SSSR count). The Morgan fingerprint density at radius 2 is 1.83 bits per heavy atom. The lowest BCUT2D eigenvalue weighted by molar-refractivity contribution is -0.384. The van der Waals surface area contributed by atoms with Crippen molar-refractivity contribution in [3.63, 3.8) is 0 Å². The zero-order chi connectivity index (χ0) is 25.2. The van der Waals surface area contributed by atoms with E-state index >= 15 is 0 Å². The molecule has 1 N–H and O–H groups in total. The van der Waals surface area contributed by atoms with Crippen molar-refractivity contribution in [2.24, 2.45) is 0 Å². The molecule has 0 aliphatic heterocycles. The van der Waals surface area contributed by atoms with Gasteiger partial charge in [0.05, 0.1) is 22.6 Å². The Morgan fingerprint density at radius 1 is 1.14 bits per heavy atom. The van der Waals surface area contributed by atoms with Crippen molar-refractivity contribution in [3.8, 4) is 5.75 Å². The number of nitro benzene ring substituents is 1. The predicted molar refractivity (Wildman–Crippen MR) is 126 cm³/mol. The minimum Gasteiger partial charge on any atom is -0.495 e. The molecule has 1 amide bonds. The number of nitro groups is 1. The number of carbonyl (C=O) groups excluding carboxylic acids is 1. The molecule has 0 bridgehead atoms. The summed E-state index contributed by atoms with van der Waals surface area (Å²) in [5, 5.41) is 11.1. The molecule has 0 unspecified atom stereocenters. The number of non-ortho nitro benzene ring substituents is 1. The Hall–Kier alpha value is -3.99. The summed E-state index contributed by atoms with van der Waals surface area (Å²) in [6.45, 7) is 0.115. The Kier molecular flexibility index (Phi) is 6.70. The summed E-state index contributed by atoms with van der Waals surface area (Å²) in [6, 6.07) is 15.1. The first-order valence-electron chi connectivity index (χ1n) is 10.7. The fraction of sp³-hybridized carbons (Fsp3) is 0.208. The number of nitrogens with one attached hydrogen (secondary N) is 1. The number of rotatable bonds is 9. The maximum Gasteiger partial charge on any atom is 0.271 e. The standard InChI is InChI=1S/C24H22FN3O6S/c1-34-23-13-10-19(28(30)31)14-22(23)26-35(32,33)20-11-6-16(7-12-20)24(29)27(18-8-9-18)15-17-4-2-3-5-21(17)25/h2-7,10-14,18,26H,8-9,15H2,1H3. The van der Waals surface area contributed by atoms with Crippen LogP contribution in [0.25, 0.3) is 0 Å². The van der Waals surface area contributed by atoms with Gasteiger partial charge in [-0.1, -0.05) is 18.2 Å². The number of amides is 1. The summed E-state index contributed by atoms with van der Waals surface area (Å²) in [4.78, 5) is 25.0. The number of nitrogens with zero attached hydrogens (tertiary/aromatic N) is 2. The molecule has 1 aliphatic carbocycles. The van der Waals surface area contributed by atoms with Crippen molar-refractivity contribution < 1.29 is 27.3 Å². The summed E-state index contributed by atoms with van der Waals surface area (Å²) in [7, 11) is -2.82. The van der Waals surface area contributed by atoms with Gasteiger partial charge in [-0.2, -0.15) is 0 Å². The second kappa shape index (κ2) is 9.71. The number of sulfonamides is 1. The lowest BCUT2D eigenvalue weighted by atomic mass is 10.1. The van der Waals surface area contributed by atoms with E-state index in [0.717, 1.165) is 18.9 Å². The minimum atomic E-state index is -4.14. The number of halogens is 1. The van der Waals surface area contributed by atoms with E-state index in [0.29, 0.717) is 5.56 Å². The van der Waals surface area contributed by atoms with Crippen LogP contribution in [0.1, 0.15) is 28.8 Å². The van der Waals surface area contributed by atoms with Crippen LogP contribution in [-0.2, 0) is 16.6 Å². The molecule has 0 heterocycles. The number of benzene rings is 3. The van der Waals surface area contributed by atoms with E-state index in [4.69, 9.17) is 4.74 Å². The Bertz CT molecular complexity index is 1370. The zero-order valence-corrected chi connectivity index (χ0v) is 19.5. The second-order valence-electron chi connectivity index (χ2n) is 8.03. The number of hydrogen-bond acceptors (Lipinski definition) is 6. The first-order valence-corrected chi connectivity index (χ1v) is 12.2. The lowest BCUT2D eigenvalue weighted by Crippen LogP contribution is -2.33. The molecule has 3 aromatic rings. The maximum absolute atomic E-state index is 14.1. The zero-order valence-electron chi connectivity index (χ0n) is 18.7. The SMILES string of the molecule is COc1ccc([N+](=O)[O-])cc1NS(=O)(=O)c1ccc(C(=O)N(Cc2ccccc2F)C2CC2)cc1. The van der Waals surface area contributed by atoms with Crippen LogP contribution in [0, 0.1) is 15.9 Å². The van der Waals surface area contributed by atoms with Crippen LogP contribution in [0.3, 0.4) is 0 Å². The molecule has 35 heavy (non-hydrogen) atoms. The number of anilines is 1. The molecule has 1 saturated carbocycles. The molecular weight excluding hydrogens is 477 g/mol. The van der Waals surface area contributed by atoms with E-state index in [2.05, 4.69) is 4.72 Å². The van der Waals surface area contributed by atoms with Gasteiger partial charge in [0.25, 0.3) is 21.6 Å². The molecule has 0 saturated heterocycles. The van der Waals surface area contributed by atoms with Crippen LogP contribution >= 0.6 is 0 Å². The fourth-order valence-electron chi connectivity index (χ4n) is 3.60. The summed E-state index contributed by atoms with van der Waals surface area (Å²) in [5.41, 5.74) is 0.272. The van der Waals surface area contributed by atoms with Crippen LogP contribution in [0.4, 0.5) is 15.8 Å². The lowest BCUT2D eigenvalue weighted by Gasteiger charge is -2.23. The van der Waals surface area contributed by atoms with Gasteiger partial charge in [-0.3, -0.25) is 19.6 Å². The van der Waals surface area contributed by atoms with Gasteiger partial charge >= 0.3 is 0 Å². The van der Waals surface area contributed by atoms with Gasteiger partial charge in [0.1, 0.15) is 11.6 Å². The molecule has 182 valence electrons. The Labute approximate surface area is 201 Å². The van der Waals surface area contributed by atoms with Gasteiger partial charge in [-0.05, 0) is 49.2 Å². The number of ether oxygens (including phenoxy) is 1. The summed E-state index contributed by atoms with van der Waals surface area (Å²) < 4.78 is 47.3. The van der Waals surface area contributed by atoms with E-state index in [9.17, 15) is 27.7 Å². The van der Waals surface area contributed by atoms with Crippen molar-refractivity contribution in [2.75, 3.05) is 11.8 Å². The molecule has 1 fully saturated rings. The van der Waals surface area contributed by atoms with Gasteiger partial charge in [-0.25, -0.2) is 12.8 Å². The quantitative estimate of drug-likeness (QED) is 0.345. The third-order valence-electron chi connectivity index (χ3n) is 5.60. The van der Waals surface area contributed by atoms with Gasteiger partial charge in [0.15, 0.2) is 0 Å². The van der Waals surface area contributed by atoms with Crippen molar-refractivity contribution in [2.45, 2.75) is 30.3 Å². The Balaban J connectivity index is 1.55. The summed E-state index contributed by atoms with van der Waals surface area (Å²) in [5.74, 6) is -0.609. The van der Waals surface area contributed by atoms with E-state index < -0.39 is 20.8 Å². The molecular formula is C24H22FN3O6S. The molecule has 0 atom stereocenters. The van der Waals surface area contributed by atoms with E-state index in [1.807, 2.05) is 0 Å². The highest BCUT2D eigenvalue weighted by molar-refractivity contribution is 7.92. The van der Waals surface area contributed by atoms with Gasteiger partial charge in [0, 0.05) is 35.8 Å². The van der Waals surface area contributed by atoms with Gasteiger partial charge < -0.3 is 9.64 Å². The van der Waals surface area contributed by atoms with Gasteiger partial charge in [0.2, 0.25) is 0 Å². The van der Waals surface area contributed by atoms with Crippen LogP contribution in [0.15, 0.2) is 71.6 Å². The second-order valence-corrected chi connectivity index (χ2v) is 9.71. The van der Waals surface area contributed by atoms with Crippen molar-refractivity contribution in [1.82, 2.24) is 4.90 Å². The average Bonchev–Trinajstić information content (AvgIpc) is 3.68. The first kappa shape index (κ1) is 24.1. The highest BCUT2D eigenvalue weighted by Gasteiger charge is 2.33. The molecule has 0 aromatic heterocycles. The van der Waals surface area contributed by atoms with E-state index in [1.54, 1.807) is 23.1 Å². The smallest absolute Gasteiger partial charge is 0.271 e. The largest absolute Gasteiger partial charge is 0.495 e. The van der Waals surface area contributed by atoms with Crippen molar-refractivity contribution in [3.05, 3.63) is 93.8 Å². The van der Waals surface area contributed by atoms with Crippen LogP contribution < -0.4 is 9.46 Å². The summed E-state index contributed by atoms with van der Waals surface area (Å²) >= 11 is 0. The third-order valence-corrected chi connectivity index (χ3v) is 6.98. The molecule has 0 spiro atoms. The Morgan fingerprint density at radius 3 is 2.43 bits per heavy atom. The number of hydrogen-bond donors (Lipinski definition) is 1. The average molecular weight is 500 g/mol. The van der Waals surface area contributed by atoms with Crippen LogP contribution in [0.5, 0.6) is 5.75 Å². The van der Waals surface area contributed by atoms with Gasteiger partial charge in [-0.15, -0.1) is 0 Å². The first-order chi connectivity index (χ1) is 16.7. The normalized spacial score (nSPS) is 13.2. The maximum atomic E-state index is 14.1. The number of methoxy groups -OCH3 is 1.